The fourth-order valence-corrected chi connectivity index (χ4v) is 3.33. The first kappa shape index (κ1) is 15.0. The number of fused-ring (bicyclic) bond motifs is 1. The molecule has 0 atom stereocenters. The number of rotatable bonds is 5. The summed E-state index contributed by atoms with van der Waals surface area (Å²) in [6.07, 6.45) is 1.14. The van der Waals surface area contributed by atoms with Crippen LogP contribution in [0.3, 0.4) is 0 Å². The van der Waals surface area contributed by atoms with Crippen molar-refractivity contribution in [2.45, 2.75) is 19.4 Å². The number of hydrogen-bond acceptors (Lipinski definition) is 3. The van der Waals surface area contributed by atoms with Crippen LogP contribution in [-0.4, -0.2) is 10.9 Å². The van der Waals surface area contributed by atoms with Crippen molar-refractivity contribution in [3.63, 3.8) is 0 Å². The number of aromatic nitrogens is 1. The molecular formula is C17H15ClN2OS. The lowest BCUT2D eigenvalue weighted by Gasteiger charge is -2.04. The van der Waals surface area contributed by atoms with Crippen LogP contribution in [0.15, 0.2) is 48.5 Å². The Kier molecular flexibility index (Phi) is 4.71. The SMILES string of the molecule is O=C(CCc1cccc(Cl)c1)NCc1nc2ccccc2s1. The number of carbonyl (C=O) groups excluding carboxylic acids is 1. The summed E-state index contributed by atoms with van der Waals surface area (Å²) < 4.78 is 1.14. The van der Waals surface area contributed by atoms with Crippen LogP contribution in [-0.2, 0) is 17.8 Å². The number of halogens is 1. The van der Waals surface area contributed by atoms with Gasteiger partial charge in [-0.3, -0.25) is 4.79 Å². The fourth-order valence-electron chi connectivity index (χ4n) is 2.21. The Morgan fingerprint density at radius 2 is 2.05 bits per heavy atom. The maximum Gasteiger partial charge on any atom is 0.220 e. The normalized spacial score (nSPS) is 10.8. The zero-order valence-electron chi connectivity index (χ0n) is 11.9. The van der Waals surface area contributed by atoms with Crippen molar-refractivity contribution in [2.24, 2.45) is 0 Å². The van der Waals surface area contributed by atoms with Gasteiger partial charge in [-0.2, -0.15) is 0 Å². The number of aryl methyl sites for hydroxylation is 1. The Hall–Kier alpha value is -1.91. The predicted molar refractivity (Wildman–Crippen MR) is 91.2 cm³/mol. The first-order chi connectivity index (χ1) is 10.7. The van der Waals surface area contributed by atoms with E-state index >= 15 is 0 Å². The van der Waals surface area contributed by atoms with Gasteiger partial charge in [0.15, 0.2) is 0 Å². The molecule has 0 spiro atoms. The smallest absolute Gasteiger partial charge is 0.220 e. The van der Waals surface area contributed by atoms with Crippen LogP contribution in [0, 0.1) is 0 Å². The molecule has 1 heterocycles. The number of hydrogen-bond donors (Lipinski definition) is 1. The van der Waals surface area contributed by atoms with Crippen molar-refractivity contribution in [1.29, 1.82) is 0 Å². The minimum atomic E-state index is 0.0271. The summed E-state index contributed by atoms with van der Waals surface area (Å²) in [7, 11) is 0. The molecule has 1 aromatic heterocycles. The highest BCUT2D eigenvalue weighted by Gasteiger charge is 2.06. The molecular weight excluding hydrogens is 316 g/mol. The third-order valence-electron chi connectivity index (χ3n) is 3.30. The largest absolute Gasteiger partial charge is 0.350 e. The number of nitrogens with one attached hydrogen (secondary N) is 1. The van der Waals surface area contributed by atoms with Crippen LogP contribution in [0.5, 0.6) is 0 Å². The molecule has 0 bridgehead atoms. The van der Waals surface area contributed by atoms with Crippen LogP contribution < -0.4 is 5.32 Å². The number of para-hydroxylation sites is 1. The zero-order valence-corrected chi connectivity index (χ0v) is 13.5. The van der Waals surface area contributed by atoms with E-state index in [0.717, 1.165) is 20.8 Å². The average Bonchev–Trinajstić information content (AvgIpc) is 2.94. The molecule has 0 fully saturated rings. The van der Waals surface area contributed by atoms with Gasteiger partial charge in [0.2, 0.25) is 5.91 Å². The number of benzene rings is 2. The summed E-state index contributed by atoms with van der Waals surface area (Å²) in [4.78, 5) is 16.4. The van der Waals surface area contributed by atoms with E-state index in [9.17, 15) is 4.79 Å². The van der Waals surface area contributed by atoms with Crippen molar-refractivity contribution in [3.05, 3.63) is 64.1 Å². The first-order valence-electron chi connectivity index (χ1n) is 7.06. The average molecular weight is 331 g/mol. The molecule has 0 aliphatic rings. The van der Waals surface area contributed by atoms with E-state index in [1.54, 1.807) is 11.3 Å². The van der Waals surface area contributed by atoms with Crippen LogP contribution in [0.1, 0.15) is 17.0 Å². The molecule has 3 rings (SSSR count). The second-order valence-corrected chi connectivity index (χ2v) is 6.53. The number of thiazole rings is 1. The van der Waals surface area contributed by atoms with E-state index in [4.69, 9.17) is 11.6 Å². The lowest BCUT2D eigenvalue weighted by Crippen LogP contribution is -2.22. The summed E-state index contributed by atoms with van der Waals surface area (Å²) in [5.74, 6) is 0.0271. The summed E-state index contributed by atoms with van der Waals surface area (Å²) in [5.41, 5.74) is 2.05. The van der Waals surface area contributed by atoms with Crippen molar-refractivity contribution in [1.82, 2.24) is 10.3 Å². The fraction of sp³-hybridized carbons (Fsp3) is 0.176. The molecule has 1 amide bonds. The minimum Gasteiger partial charge on any atom is -0.350 e. The van der Waals surface area contributed by atoms with E-state index in [-0.39, 0.29) is 5.91 Å². The van der Waals surface area contributed by atoms with Gasteiger partial charge in [0.05, 0.1) is 16.8 Å². The third kappa shape index (κ3) is 3.84. The summed E-state index contributed by atoms with van der Waals surface area (Å²) in [6.45, 7) is 0.480. The first-order valence-corrected chi connectivity index (χ1v) is 8.26. The molecule has 0 radical (unpaired) electrons. The van der Waals surface area contributed by atoms with Crippen LogP contribution in [0.25, 0.3) is 10.2 Å². The van der Waals surface area contributed by atoms with E-state index in [1.165, 1.54) is 0 Å². The van der Waals surface area contributed by atoms with Gasteiger partial charge in [0.25, 0.3) is 0 Å². The Bertz CT molecular complexity index is 767. The van der Waals surface area contributed by atoms with Crippen LogP contribution >= 0.6 is 22.9 Å². The van der Waals surface area contributed by atoms with E-state index in [0.29, 0.717) is 24.4 Å². The molecule has 1 N–H and O–H groups in total. The number of nitrogens with zero attached hydrogens (tertiary/aromatic N) is 1. The molecule has 0 aliphatic carbocycles. The molecule has 0 saturated heterocycles. The Labute approximate surface area is 138 Å². The molecule has 0 unspecified atom stereocenters. The van der Waals surface area contributed by atoms with Gasteiger partial charge in [-0.05, 0) is 36.2 Å². The predicted octanol–water partition coefficient (Wildman–Crippen LogP) is 4.20. The van der Waals surface area contributed by atoms with Crippen molar-refractivity contribution in [2.75, 3.05) is 0 Å². The van der Waals surface area contributed by atoms with Crippen LogP contribution in [0.2, 0.25) is 5.02 Å². The molecule has 2 aromatic carbocycles. The molecule has 22 heavy (non-hydrogen) atoms. The Morgan fingerprint density at radius 3 is 2.86 bits per heavy atom. The van der Waals surface area contributed by atoms with Gasteiger partial charge < -0.3 is 5.32 Å². The Morgan fingerprint density at radius 1 is 1.18 bits per heavy atom. The lowest BCUT2D eigenvalue weighted by molar-refractivity contribution is -0.121. The second kappa shape index (κ2) is 6.90. The minimum absolute atomic E-state index is 0.0271. The molecule has 3 nitrogen and oxygen atoms in total. The standard InChI is InChI=1S/C17H15ClN2OS/c18-13-5-3-4-12(10-13)8-9-16(21)19-11-17-20-14-6-1-2-7-15(14)22-17/h1-7,10H,8-9,11H2,(H,19,21). The van der Waals surface area contributed by atoms with Crippen LogP contribution in [0.4, 0.5) is 0 Å². The van der Waals surface area contributed by atoms with Gasteiger partial charge in [-0.1, -0.05) is 35.9 Å². The lowest BCUT2D eigenvalue weighted by atomic mass is 10.1. The summed E-state index contributed by atoms with van der Waals surface area (Å²) >= 11 is 7.54. The Balaban J connectivity index is 1.51. The molecule has 3 aromatic rings. The maximum absolute atomic E-state index is 11.9. The third-order valence-corrected chi connectivity index (χ3v) is 4.58. The van der Waals surface area contributed by atoms with Gasteiger partial charge >= 0.3 is 0 Å². The number of carbonyl (C=O) groups is 1. The molecule has 112 valence electrons. The second-order valence-electron chi connectivity index (χ2n) is 4.98. The van der Waals surface area contributed by atoms with Crippen molar-refractivity contribution < 1.29 is 4.79 Å². The summed E-state index contributed by atoms with van der Waals surface area (Å²) in [6, 6.07) is 15.6. The van der Waals surface area contributed by atoms with Crippen molar-refractivity contribution >= 4 is 39.1 Å². The van der Waals surface area contributed by atoms with Gasteiger partial charge in [0.1, 0.15) is 5.01 Å². The van der Waals surface area contributed by atoms with E-state index in [2.05, 4.69) is 10.3 Å². The molecule has 5 heteroatoms. The topological polar surface area (TPSA) is 42.0 Å². The molecule has 0 saturated carbocycles. The van der Waals surface area contributed by atoms with Crippen molar-refractivity contribution in [3.8, 4) is 0 Å². The zero-order chi connectivity index (χ0) is 15.4. The highest BCUT2D eigenvalue weighted by Crippen LogP contribution is 2.21. The molecule has 0 aliphatic heterocycles. The van der Waals surface area contributed by atoms with Gasteiger partial charge in [-0.15, -0.1) is 11.3 Å². The number of amides is 1. The highest BCUT2D eigenvalue weighted by atomic mass is 35.5. The monoisotopic (exact) mass is 330 g/mol. The quantitative estimate of drug-likeness (QED) is 0.761. The van der Waals surface area contributed by atoms with E-state index in [1.807, 2.05) is 48.5 Å². The van der Waals surface area contributed by atoms with Gasteiger partial charge in [-0.25, -0.2) is 4.98 Å². The maximum atomic E-state index is 11.9. The summed E-state index contributed by atoms with van der Waals surface area (Å²) in [5, 5.41) is 4.55. The highest BCUT2D eigenvalue weighted by molar-refractivity contribution is 7.18. The van der Waals surface area contributed by atoms with Gasteiger partial charge in [0, 0.05) is 11.4 Å². The van der Waals surface area contributed by atoms with E-state index < -0.39 is 0 Å².